The van der Waals surface area contributed by atoms with Crippen LogP contribution in [0.25, 0.3) is 0 Å². The quantitative estimate of drug-likeness (QED) is 0.771. The van der Waals surface area contributed by atoms with Crippen LogP contribution in [0.1, 0.15) is 6.42 Å². The standard InChI is InChI=1S/C11H18N4/c1-12-9-4-6-15(8-9)10-3-5-14-11(7-10)13-2/h3,5,7,9,12H,4,6,8H2,1-2H3,(H,13,14)/t9-/m0/s1. The summed E-state index contributed by atoms with van der Waals surface area (Å²) >= 11 is 0. The zero-order chi connectivity index (χ0) is 10.7. The molecule has 0 aromatic carbocycles. The Morgan fingerprint density at radius 2 is 2.33 bits per heavy atom. The van der Waals surface area contributed by atoms with Crippen molar-refractivity contribution in [1.82, 2.24) is 10.3 Å². The van der Waals surface area contributed by atoms with Gasteiger partial charge in [-0.15, -0.1) is 0 Å². The van der Waals surface area contributed by atoms with Crippen molar-refractivity contribution in [2.24, 2.45) is 0 Å². The van der Waals surface area contributed by atoms with E-state index in [0.29, 0.717) is 6.04 Å². The highest BCUT2D eigenvalue weighted by atomic mass is 15.2. The van der Waals surface area contributed by atoms with E-state index < -0.39 is 0 Å². The van der Waals surface area contributed by atoms with Crippen molar-refractivity contribution in [3.63, 3.8) is 0 Å². The van der Waals surface area contributed by atoms with E-state index in [1.807, 2.05) is 20.3 Å². The van der Waals surface area contributed by atoms with E-state index in [1.54, 1.807) is 0 Å². The molecule has 4 nitrogen and oxygen atoms in total. The highest BCUT2D eigenvalue weighted by Gasteiger charge is 2.21. The van der Waals surface area contributed by atoms with Crippen LogP contribution in [0.2, 0.25) is 0 Å². The first-order chi connectivity index (χ1) is 7.33. The molecule has 1 atom stereocenters. The molecule has 1 aliphatic rings. The van der Waals surface area contributed by atoms with E-state index in [4.69, 9.17) is 0 Å². The Hall–Kier alpha value is -1.29. The van der Waals surface area contributed by atoms with Crippen LogP contribution in [0.5, 0.6) is 0 Å². The first kappa shape index (κ1) is 10.2. The lowest BCUT2D eigenvalue weighted by Crippen LogP contribution is -2.29. The molecule has 1 aromatic heterocycles. The molecule has 1 aliphatic heterocycles. The van der Waals surface area contributed by atoms with Gasteiger partial charge in [0.05, 0.1) is 0 Å². The van der Waals surface area contributed by atoms with Gasteiger partial charge in [0, 0.05) is 44.1 Å². The average Bonchev–Trinajstić information content (AvgIpc) is 2.78. The molecule has 1 fully saturated rings. The Kier molecular flexibility index (Phi) is 3.06. The number of hydrogen-bond donors (Lipinski definition) is 2. The van der Waals surface area contributed by atoms with Gasteiger partial charge in [-0.2, -0.15) is 0 Å². The van der Waals surface area contributed by atoms with Crippen molar-refractivity contribution in [3.8, 4) is 0 Å². The molecule has 2 rings (SSSR count). The van der Waals surface area contributed by atoms with Gasteiger partial charge in [0.15, 0.2) is 0 Å². The highest BCUT2D eigenvalue weighted by molar-refractivity contribution is 5.54. The SMILES string of the molecule is CNc1cc(N2CC[C@H](NC)C2)ccn1. The van der Waals surface area contributed by atoms with Gasteiger partial charge in [-0.3, -0.25) is 0 Å². The first-order valence-electron chi connectivity index (χ1n) is 5.39. The van der Waals surface area contributed by atoms with Gasteiger partial charge in [0.1, 0.15) is 5.82 Å². The molecule has 0 radical (unpaired) electrons. The molecule has 0 amide bonds. The number of likely N-dealkylation sites (N-methyl/N-ethyl adjacent to an activating group) is 1. The molecule has 0 aliphatic carbocycles. The zero-order valence-corrected chi connectivity index (χ0v) is 9.33. The summed E-state index contributed by atoms with van der Waals surface area (Å²) in [6.07, 6.45) is 3.07. The van der Waals surface area contributed by atoms with Crippen LogP contribution in [0, 0.1) is 0 Å². The fourth-order valence-electron chi connectivity index (χ4n) is 1.98. The van der Waals surface area contributed by atoms with Gasteiger partial charge >= 0.3 is 0 Å². The molecule has 82 valence electrons. The van der Waals surface area contributed by atoms with Crippen LogP contribution >= 0.6 is 0 Å². The summed E-state index contributed by atoms with van der Waals surface area (Å²) in [5.74, 6) is 0.931. The van der Waals surface area contributed by atoms with Gasteiger partial charge in [0.2, 0.25) is 0 Å². The van der Waals surface area contributed by atoms with Crippen LogP contribution in [-0.2, 0) is 0 Å². The summed E-state index contributed by atoms with van der Waals surface area (Å²) in [6.45, 7) is 2.21. The van der Waals surface area contributed by atoms with E-state index in [9.17, 15) is 0 Å². The normalized spacial score (nSPS) is 20.7. The largest absolute Gasteiger partial charge is 0.373 e. The molecule has 2 heterocycles. The van der Waals surface area contributed by atoms with Gasteiger partial charge in [0.25, 0.3) is 0 Å². The summed E-state index contributed by atoms with van der Waals surface area (Å²) in [6, 6.07) is 4.79. The van der Waals surface area contributed by atoms with E-state index in [1.165, 1.54) is 12.1 Å². The lowest BCUT2D eigenvalue weighted by molar-refractivity contribution is 0.617. The number of pyridine rings is 1. The van der Waals surface area contributed by atoms with Crippen LogP contribution in [-0.4, -0.2) is 38.2 Å². The van der Waals surface area contributed by atoms with Crippen LogP contribution in [0.4, 0.5) is 11.5 Å². The van der Waals surface area contributed by atoms with Gasteiger partial charge in [-0.1, -0.05) is 0 Å². The molecule has 0 spiro atoms. The number of nitrogens with zero attached hydrogens (tertiary/aromatic N) is 2. The third kappa shape index (κ3) is 2.21. The number of hydrogen-bond acceptors (Lipinski definition) is 4. The molecule has 15 heavy (non-hydrogen) atoms. The molecular weight excluding hydrogens is 188 g/mol. The van der Waals surface area contributed by atoms with Crippen molar-refractivity contribution in [3.05, 3.63) is 18.3 Å². The number of rotatable bonds is 3. The molecule has 4 heteroatoms. The second-order valence-corrected chi connectivity index (χ2v) is 3.87. The molecule has 0 unspecified atom stereocenters. The monoisotopic (exact) mass is 206 g/mol. The number of aromatic nitrogens is 1. The van der Waals surface area contributed by atoms with Gasteiger partial charge in [-0.05, 0) is 19.5 Å². The van der Waals surface area contributed by atoms with Crippen molar-refractivity contribution in [1.29, 1.82) is 0 Å². The fourth-order valence-corrected chi connectivity index (χ4v) is 1.98. The minimum atomic E-state index is 0.621. The maximum atomic E-state index is 4.22. The molecular formula is C11H18N4. The summed E-state index contributed by atoms with van der Waals surface area (Å²) in [7, 11) is 3.92. The zero-order valence-electron chi connectivity index (χ0n) is 9.33. The van der Waals surface area contributed by atoms with E-state index in [-0.39, 0.29) is 0 Å². The maximum Gasteiger partial charge on any atom is 0.127 e. The van der Waals surface area contributed by atoms with Crippen molar-refractivity contribution >= 4 is 11.5 Å². The van der Waals surface area contributed by atoms with E-state index in [2.05, 4.69) is 32.7 Å². The molecule has 2 N–H and O–H groups in total. The van der Waals surface area contributed by atoms with Crippen LogP contribution in [0.3, 0.4) is 0 Å². The molecule has 0 bridgehead atoms. The van der Waals surface area contributed by atoms with Crippen LogP contribution in [0.15, 0.2) is 18.3 Å². The Labute approximate surface area is 90.7 Å². The first-order valence-corrected chi connectivity index (χ1v) is 5.39. The Balaban J connectivity index is 2.09. The maximum absolute atomic E-state index is 4.22. The minimum Gasteiger partial charge on any atom is -0.373 e. The van der Waals surface area contributed by atoms with Gasteiger partial charge in [-0.25, -0.2) is 4.98 Å². The lowest BCUT2D eigenvalue weighted by Gasteiger charge is -2.18. The Morgan fingerprint density at radius 3 is 3.00 bits per heavy atom. The molecule has 0 saturated carbocycles. The van der Waals surface area contributed by atoms with E-state index in [0.717, 1.165) is 18.9 Å². The topological polar surface area (TPSA) is 40.2 Å². The third-order valence-electron chi connectivity index (χ3n) is 2.96. The van der Waals surface area contributed by atoms with Crippen molar-refractivity contribution in [2.75, 3.05) is 37.4 Å². The minimum absolute atomic E-state index is 0.621. The summed E-state index contributed by atoms with van der Waals surface area (Å²) in [5.41, 5.74) is 1.26. The second kappa shape index (κ2) is 4.49. The molecule has 1 saturated heterocycles. The number of nitrogens with one attached hydrogen (secondary N) is 2. The third-order valence-corrected chi connectivity index (χ3v) is 2.96. The molecule has 1 aromatic rings. The lowest BCUT2D eigenvalue weighted by atomic mass is 10.3. The highest BCUT2D eigenvalue weighted by Crippen LogP contribution is 2.21. The number of anilines is 2. The van der Waals surface area contributed by atoms with Crippen molar-refractivity contribution < 1.29 is 0 Å². The van der Waals surface area contributed by atoms with E-state index >= 15 is 0 Å². The smallest absolute Gasteiger partial charge is 0.127 e. The predicted octanol–water partition coefficient (Wildman–Crippen LogP) is 0.921. The van der Waals surface area contributed by atoms with Crippen molar-refractivity contribution in [2.45, 2.75) is 12.5 Å². The predicted molar refractivity (Wildman–Crippen MR) is 63.5 cm³/mol. The van der Waals surface area contributed by atoms with Gasteiger partial charge < -0.3 is 15.5 Å². The summed E-state index contributed by atoms with van der Waals surface area (Å²) in [4.78, 5) is 6.61. The summed E-state index contributed by atoms with van der Waals surface area (Å²) in [5, 5.41) is 6.38. The summed E-state index contributed by atoms with van der Waals surface area (Å²) < 4.78 is 0. The Bertz CT molecular complexity index is 326. The Morgan fingerprint density at radius 1 is 1.47 bits per heavy atom. The van der Waals surface area contributed by atoms with Crippen LogP contribution < -0.4 is 15.5 Å². The average molecular weight is 206 g/mol. The second-order valence-electron chi connectivity index (χ2n) is 3.87. The fraction of sp³-hybridized carbons (Fsp3) is 0.545.